The molecule has 0 aliphatic carbocycles. The average Bonchev–Trinajstić information content (AvgIpc) is 2.83. The number of carboxylic acid groups (broad SMARTS) is 1. The van der Waals surface area contributed by atoms with Gasteiger partial charge in [0, 0.05) is 24.7 Å². The van der Waals surface area contributed by atoms with Crippen molar-refractivity contribution in [1.29, 1.82) is 0 Å². The van der Waals surface area contributed by atoms with Crippen LogP contribution in [0.3, 0.4) is 0 Å². The number of nitrogens with zero attached hydrogens (tertiary/aromatic N) is 2. The van der Waals surface area contributed by atoms with Gasteiger partial charge < -0.3 is 10.0 Å². The molecule has 0 bridgehead atoms. The Balaban J connectivity index is 2.17. The van der Waals surface area contributed by atoms with Crippen molar-refractivity contribution in [2.45, 2.75) is 32.6 Å². The Labute approximate surface area is 105 Å². The van der Waals surface area contributed by atoms with Gasteiger partial charge in [0.15, 0.2) is 5.13 Å². The highest BCUT2D eigenvalue weighted by atomic mass is 32.1. The fourth-order valence-electron chi connectivity index (χ4n) is 2.63. The lowest BCUT2D eigenvalue weighted by molar-refractivity contribution is -0.150. The fraction of sp³-hybridized carbons (Fsp3) is 0.667. The van der Waals surface area contributed by atoms with Crippen LogP contribution in [0.2, 0.25) is 0 Å². The smallest absolute Gasteiger partial charge is 0.311 e. The lowest BCUT2D eigenvalue weighted by Gasteiger charge is -2.39. The summed E-state index contributed by atoms with van der Waals surface area (Å²) in [5.41, 5.74) is -0.571. The minimum Gasteiger partial charge on any atom is -0.481 e. The van der Waals surface area contributed by atoms with Gasteiger partial charge in [-0.3, -0.25) is 4.79 Å². The summed E-state index contributed by atoms with van der Waals surface area (Å²) in [4.78, 5) is 17.9. The number of piperidine rings is 1. The van der Waals surface area contributed by atoms with E-state index in [-0.39, 0.29) is 0 Å². The number of carbonyl (C=O) groups is 1. The van der Waals surface area contributed by atoms with Crippen molar-refractivity contribution in [3.63, 3.8) is 0 Å². The molecule has 5 heteroatoms. The molecule has 2 rings (SSSR count). The lowest BCUT2D eigenvalue weighted by Crippen LogP contribution is -2.47. The number of anilines is 1. The topological polar surface area (TPSA) is 53.4 Å². The van der Waals surface area contributed by atoms with E-state index in [2.05, 4.69) is 9.88 Å². The minimum absolute atomic E-state index is 0.571. The van der Waals surface area contributed by atoms with Crippen molar-refractivity contribution in [2.24, 2.45) is 5.41 Å². The van der Waals surface area contributed by atoms with Crippen molar-refractivity contribution in [3.8, 4) is 0 Å². The van der Waals surface area contributed by atoms with Gasteiger partial charge in [-0.15, -0.1) is 11.3 Å². The van der Waals surface area contributed by atoms with E-state index >= 15 is 0 Å². The monoisotopic (exact) mass is 254 g/mol. The second-order valence-electron chi connectivity index (χ2n) is 4.68. The summed E-state index contributed by atoms with van der Waals surface area (Å²) in [7, 11) is 0. The third-order valence-corrected chi connectivity index (χ3v) is 4.28. The van der Waals surface area contributed by atoms with Crippen LogP contribution in [0.25, 0.3) is 0 Å². The van der Waals surface area contributed by atoms with Crippen LogP contribution in [0.4, 0.5) is 5.13 Å². The van der Waals surface area contributed by atoms with Crippen LogP contribution >= 0.6 is 11.3 Å². The van der Waals surface area contributed by atoms with E-state index in [0.717, 1.165) is 37.4 Å². The standard InChI is InChI=1S/C12H18N2O2S/c1-2-4-12(10(15)16)5-3-7-14(9-12)11-13-6-8-17-11/h6,8H,2-5,7,9H2,1H3,(H,15,16). The van der Waals surface area contributed by atoms with E-state index in [0.29, 0.717) is 6.54 Å². The molecule has 1 fully saturated rings. The van der Waals surface area contributed by atoms with Crippen LogP contribution in [-0.2, 0) is 4.79 Å². The van der Waals surface area contributed by atoms with Crippen LogP contribution in [0, 0.1) is 5.41 Å². The number of hydrogen-bond donors (Lipinski definition) is 1. The molecule has 94 valence electrons. The van der Waals surface area contributed by atoms with Crippen LogP contribution in [0.1, 0.15) is 32.6 Å². The van der Waals surface area contributed by atoms with Crippen molar-refractivity contribution in [3.05, 3.63) is 11.6 Å². The zero-order valence-corrected chi connectivity index (χ0v) is 10.9. The Bertz CT molecular complexity index is 376. The summed E-state index contributed by atoms with van der Waals surface area (Å²) in [5.74, 6) is -0.652. The number of aromatic nitrogens is 1. The normalized spacial score (nSPS) is 24.9. The second kappa shape index (κ2) is 5.04. The highest BCUT2D eigenvalue weighted by Crippen LogP contribution is 2.37. The molecule has 1 saturated heterocycles. The molecule has 17 heavy (non-hydrogen) atoms. The van der Waals surface area contributed by atoms with E-state index in [1.807, 2.05) is 12.3 Å². The van der Waals surface area contributed by atoms with Gasteiger partial charge in [-0.1, -0.05) is 13.3 Å². The molecule has 0 radical (unpaired) electrons. The molecular weight excluding hydrogens is 236 g/mol. The zero-order chi connectivity index (χ0) is 12.3. The predicted octanol–water partition coefficient (Wildman–Crippen LogP) is 2.61. The summed E-state index contributed by atoms with van der Waals surface area (Å²) in [5, 5.41) is 12.4. The van der Waals surface area contributed by atoms with Crippen molar-refractivity contribution in [2.75, 3.05) is 18.0 Å². The molecule has 0 spiro atoms. The summed E-state index contributed by atoms with van der Waals surface area (Å²) in [6.45, 7) is 3.57. The number of rotatable bonds is 4. The quantitative estimate of drug-likeness (QED) is 0.897. The molecule has 0 aromatic carbocycles. The third-order valence-electron chi connectivity index (χ3n) is 3.45. The van der Waals surface area contributed by atoms with Gasteiger partial charge >= 0.3 is 5.97 Å². The first kappa shape index (κ1) is 12.4. The highest BCUT2D eigenvalue weighted by molar-refractivity contribution is 7.13. The van der Waals surface area contributed by atoms with Gasteiger partial charge in [0.1, 0.15) is 0 Å². The fourth-order valence-corrected chi connectivity index (χ4v) is 3.30. The Morgan fingerprint density at radius 3 is 3.12 bits per heavy atom. The maximum Gasteiger partial charge on any atom is 0.311 e. The maximum atomic E-state index is 11.5. The van der Waals surface area contributed by atoms with E-state index < -0.39 is 11.4 Å². The molecule has 0 amide bonds. The summed E-state index contributed by atoms with van der Waals surface area (Å²) in [6.07, 6.45) is 5.17. The van der Waals surface area contributed by atoms with Crippen molar-refractivity contribution >= 4 is 22.4 Å². The van der Waals surface area contributed by atoms with Crippen LogP contribution in [0.5, 0.6) is 0 Å². The molecule has 1 aliphatic rings. The molecule has 1 N–H and O–H groups in total. The maximum absolute atomic E-state index is 11.5. The first-order valence-corrected chi connectivity index (χ1v) is 6.94. The number of aliphatic carboxylic acids is 1. The summed E-state index contributed by atoms with van der Waals surface area (Å²) >= 11 is 1.58. The molecule has 2 heterocycles. The van der Waals surface area contributed by atoms with E-state index in [1.54, 1.807) is 17.5 Å². The molecule has 1 unspecified atom stereocenters. The van der Waals surface area contributed by atoms with Gasteiger partial charge in [-0.25, -0.2) is 4.98 Å². The molecule has 1 atom stereocenters. The molecule has 1 aromatic rings. The minimum atomic E-state index is -0.652. The first-order chi connectivity index (χ1) is 8.18. The van der Waals surface area contributed by atoms with Gasteiger partial charge in [0.25, 0.3) is 0 Å². The largest absolute Gasteiger partial charge is 0.481 e. The Hall–Kier alpha value is -1.10. The summed E-state index contributed by atoms with van der Waals surface area (Å²) in [6, 6.07) is 0. The highest BCUT2D eigenvalue weighted by Gasteiger charge is 2.42. The van der Waals surface area contributed by atoms with Gasteiger partial charge in [0.05, 0.1) is 5.41 Å². The van der Waals surface area contributed by atoms with E-state index in [4.69, 9.17) is 0 Å². The number of hydrogen-bond acceptors (Lipinski definition) is 4. The molecule has 1 aliphatic heterocycles. The molecular formula is C12H18N2O2S. The average molecular weight is 254 g/mol. The van der Waals surface area contributed by atoms with Crippen LogP contribution in [0.15, 0.2) is 11.6 Å². The van der Waals surface area contributed by atoms with E-state index in [9.17, 15) is 9.90 Å². The van der Waals surface area contributed by atoms with E-state index in [1.165, 1.54) is 0 Å². The van der Waals surface area contributed by atoms with Gasteiger partial charge in [0.2, 0.25) is 0 Å². The van der Waals surface area contributed by atoms with Crippen LogP contribution < -0.4 is 4.90 Å². The predicted molar refractivity (Wildman–Crippen MR) is 68.5 cm³/mol. The molecule has 0 saturated carbocycles. The van der Waals surface area contributed by atoms with Crippen molar-refractivity contribution < 1.29 is 9.90 Å². The van der Waals surface area contributed by atoms with Gasteiger partial charge in [-0.05, 0) is 19.3 Å². The zero-order valence-electron chi connectivity index (χ0n) is 10.1. The SMILES string of the molecule is CCCC1(C(=O)O)CCCN(c2nccs2)C1. The Kier molecular flexibility index (Phi) is 3.66. The molecule has 1 aromatic heterocycles. The first-order valence-electron chi connectivity index (χ1n) is 6.06. The Morgan fingerprint density at radius 2 is 2.53 bits per heavy atom. The molecule has 4 nitrogen and oxygen atoms in total. The Morgan fingerprint density at radius 1 is 1.71 bits per heavy atom. The number of thiazole rings is 1. The van der Waals surface area contributed by atoms with Crippen molar-refractivity contribution in [1.82, 2.24) is 4.98 Å². The second-order valence-corrected chi connectivity index (χ2v) is 5.55. The van der Waals surface area contributed by atoms with Crippen LogP contribution in [-0.4, -0.2) is 29.1 Å². The number of carboxylic acids is 1. The van der Waals surface area contributed by atoms with Gasteiger partial charge in [-0.2, -0.15) is 0 Å². The third kappa shape index (κ3) is 2.44. The summed E-state index contributed by atoms with van der Waals surface area (Å²) < 4.78 is 0. The lowest BCUT2D eigenvalue weighted by atomic mass is 9.76.